The summed E-state index contributed by atoms with van der Waals surface area (Å²) in [6.45, 7) is 0. The summed E-state index contributed by atoms with van der Waals surface area (Å²) in [5.41, 5.74) is 5.71. The number of fused-ring (bicyclic) bond motifs is 1. The van der Waals surface area contributed by atoms with Crippen LogP contribution in [0.4, 0.5) is 0 Å². The summed E-state index contributed by atoms with van der Waals surface area (Å²) in [4.78, 5) is 42.3. The quantitative estimate of drug-likeness (QED) is 0.209. The second-order valence-corrected chi connectivity index (χ2v) is 10.5. The van der Waals surface area contributed by atoms with E-state index < -0.39 is 17.9 Å². The van der Waals surface area contributed by atoms with Gasteiger partial charge in [0, 0.05) is 6.42 Å². The molecular weight excluding hydrogens is 520 g/mol. The van der Waals surface area contributed by atoms with Gasteiger partial charge in [0.2, 0.25) is 5.91 Å². The van der Waals surface area contributed by atoms with E-state index in [2.05, 4.69) is 29.6 Å². The van der Waals surface area contributed by atoms with E-state index in [0.29, 0.717) is 17.5 Å². The van der Waals surface area contributed by atoms with Gasteiger partial charge in [-0.05, 0) is 46.4 Å². The molecule has 0 spiro atoms. The maximum Gasteiger partial charge on any atom is 0.262 e. The van der Waals surface area contributed by atoms with Crippen LogP contribution in [-0.4, -0.2) is 28.7 Å². The van der Waals surface area contributed by atoms with Crippen LogP contribution in [0.1, 0.15) is 43.4 Å². The van der Waals surface area contributed by atoms with E-state index in [1.54, 1.807) is 24.3 Å². The third-order valence-corrected chi connectivity index (χ3v) is 7.73. The summed E-state index contributed by atoms with van der Waals surface area (Å²) in [6, 6.07) is 43.1. The zero-order chi connectivity index (χ0) is 28.9. The van der Waals surface area contributed by atoms with Gasteiger partial charge >= 0.3 is 0 Å². The molecule has 5 heteroatoms. The van der Waals surface area contributed by atoms with E-state index in [9.17, 15) is 14.4 Å². The summed E-state index contributed by atoms with van der Waals surface area (Å²) >= 11 is 0. The van der Waals surface area contributed by atoms with Gasteiger partial charge in [0.05, 0.1) is 17.2 Å². The van der Waals surface area contributed by atoms with Crippen molar-refractivity contribution in [1.29, 1.82) is 0 Å². The molecule has 0 aromatic heterocycles. The lowest BCUT2D eigenvalue weighted by molar-refractivity contribution is -0.125. The normalized spacial score (nSPS) is 13.9. The standard InChI is InChI=1S/C37H30N2O3/c40-35(34(25-27-14-6-2-7-15-27)39-36(41)31-18-10-11-19-32(31)37(39)42)38-33(24-26-12-4-1-5-13-26)30-22-20-29(21-23-30)28-16-8-3-9-17-28/h1-23,33-34H,24-25H2,(H,38,40)/t33-,34-/m0/s1. The number of hydrogen-bond donors (Lipinski definition) is 1. The number of rotatable bonds is 9. The Bertz CT molecular complexity index is 1670. The maximum absolute atomic E-state index is 14.2. The van der Waals surface area contributed by atoms with Crippen molar-refractivity contribution in [3.05, 3.63) is 167 Å². The van der Waals surface area contributed by atoms with Crippen LogP contribution in [0, 0.1) is 0 Å². The van der Waals surface area contributed by atoms with E-state index >= 15 is 0 Å². The number of carbonyl (C=O) groups excluding carboxylic acids is 3. The van der Waals surface area contributed by atoms with Gasteiger partial charge in [0.25, 0.3) is 11.8 Å². The highest BCUT2D eigenvalue weighted by Crippen LogP contribution is 2.28. The Morgan fingerprint density at radius 2 is 1.00 bits per heavy atom. The SMILES string of the molecule is O=C(N[C@@H](Cc1ccccc1)c1ccc(-c2ccccc2)cc1)[C@H](Cc1ccccc1)N1C(=O)c2ccccc2C1=O. The van der Waals surface area contributed by atoms with Crippen LogP contribution in [-0.2, 0) is 17.6 Å². The number of nitrogens with one attached hydrogen (secondary N) is 1. The largest absolute Gasteiger partial charge is 0.347 e. The minimum Gasteiger partial charge on any atom is -0.347 e. The molecule has 2 atom stereocenters. The van der Waals surface area contributed by atoms with Crippen LogP contribution in [0.2, 0.25) is 0 Å². The first-order chi connectivity index (χ1) is 20.6. The first kappa shape index (κ1) is 26.9. The molecule has 0 saturated carbocycles. The molecule has 5 aromatic carbocycles. The lowest BCUT2D eigenvalue weighted by Crippen LogP contribution is -2.51. The number of hydrogen-bond acceptors (Lipinski definition) is 3. The second-order valence-electron chi connectivity index (χ2n) is 10.5. The summed E-state index contributed by atoms with van der Waals surface area (Å²) < 4.78 is 0. The highest BCUT2D eigenvalue weighted by Gasteiger charge is 2.43. The highest BCUT2D eigenvalue weighted by molar-refractivity contribution is 6.22. The monoisotopic (exact) mass is 550 g/mol. The maximum atomic E-state index is 14.2. The fourth-order valence-electron chi connectivity index (χ4n) is 5.54. The van der Waals surface area contributed by atoms with E-state index in [0.717, 1.165) is 32.7 Å². The summed E-state index contributed by atoms with van der Waals surface area (Å²) in [5.74, 6) is -1.27. The fraction of sp³-hybridized carbons (Fsp3) is 0.108. The highest BCUT2D eigenvalue weighted by atomic mass is 16.2. The third-order valence-electron chi connectivity index (χ3n) is 7.73. The average Bonchev–Trinajstić information content (AvgIpc) is 3.30. The van der Waals surface area contributed by atoms with Gasteiger partial charge in [0.15, 0.2) is 0 Å². The Kier molecular flexibility index (Phi) is 7.73. The third kappa shape index (κ3) is 5.63. The van der Waals surface area contributed by atoms with E-state index in [1.165, 1.54) is 0 Å². The molecule has 0 aliphatic carbocycles. The minimum absolute atomic E-state index is 0.211. The van der Waals surface area contributed by atoms with Gasteiger partial charge in [0.1, 0.15) is 6.04 Å². The Hall–Kier alpha value is -5.29. The molecule has 0 unspecified atom stereocenters. The van der Waals surface area contributed by atoms with Crippen LogP contribution in [0.3, 0.4) is 0 Å². The van der Waals surface area contributed by atoms with Gasteiger partial charge < -0.3 is 5.32 Å². The fourth-order valence-corrected chi connectivity index (χ4v) is 5.54. The molecule has 0 radical (unpaired) electrons. The van der Waals surface area contributed by atoms with Crippen molar-refractivity contribution in [1.82, 2.24) is 10.2 Å². The molecule has 1 heterocycles. The van der Waals surface area contributed by atoms with E-state index in [-0.39, 0.29) is 18.4 Å². The van der Waals surface area contributed by atoms with Gasteiger partial charge in [-0.15, -0.1) is 0 Å². The van der Waals surface area contributed by atoms with Gasteiger partial charge in [-0.1, -0.05) is 127 Å². The molecular formula is C37H30N2O3. The number of carbonyl (C=O) groups is 3. The molecule has 0 fully saturated rings. The van der Waals surface area contributed by atoms with Crippen LogP contribution in [0.25, 0.3) is 11.1 Å². The molecule has 0 bridgehead atoms. The molecule has 1 aliphatic heterocycles. The molecule has 5 nitrogen and oxygen atoms in total. The molecule has 3 amide bonds. The summed E-state index contributed by atoms with van der Waals surface area (Å²) in [6.07, 6.45) is 0.764. The van der Waals surface area contributed by atoms with Crippen molar-refractivity contribution in [2.45, 2.75) is 24.9 Å². The Morgan fingerprint density at radius 3 is 1.55 bits per heavy atom. The summed E-state index contributed by atoms with van der Waals surface area (Å²) in [5, 5.41) is 3.22. The molecule has 42 heavy (non-hydrogen) atoms. The van der Waals surface area contributed by atoms with Gasteiger partial charge in [-0.25, -0.2) is 0 Å². The number of amides is 3. The molecule has 0 saturated heterocycles. The molecule has 5 aromatic rings. The number of nitrogens with zero attached hydrogens (tertiary/aromatic N) is 1. The van der Waals surface area contributed by atoms with E-state index in [4.69, 9.17) is 0 Å². The first-order valence-corrected chi connectivity index (χ1v) is 14.1. The van der Waals surface area contributed by atoms with Crippen molar-refractivity contribution in [2.75, 3.05) is 0 Å². The van der Waals surface area contributed by atoms with Crippen LogP contribution >= 0.6 is 0 Å². The second kappa shape index (κ2) is 12.1. The van der Waals surface area contributed by atoms with Crippen LogP contribution in [0.15, 0.2) is 140 Å². The van der Waals surface area contributed by atoms with Crippen LogP contribution in [0.5, 0.6) is 0 Å². The predicted octanol–water partition coefficient (Wildman–Crippen LogP) is 6.66. The Labute approximate surface area is 245 Å². The van der Waals surface area contributed by atoms with Crippen molar-refractivity contribution >= 4 is 17.7 Å². The number of imide groups is 1. The van der Waals surface area contributed by atoms with Crippen molar-refractivity contribution in [3.8, 4) is 11.1 Å². The lowest BCUT2D eigenvalue weighted by atomic mass is 9.95. The topological polar surface area (TPSA) is 66.5 Å². The Morgan fingerprint density at radius 1 is 0.548 bits per heavy atom. The first-order valence-electron chi connectivity index (χ1n) is 14.1. The zero-order valence-corrected chi connectivity index (χ0v) is 23.0. The molecule has 1 N–H and O–H groups in total. The van der Waals surface area contributed by atoms with Gasteiger partial charge in [-0.2, -0.15) is 0 Å². The molecule has 6 rings (SSSR count). The minimum atomic E-state index is -1.01. The van der Waals surface area contributed by atoms with Crippen molar-refractivity contribution < 1.29 is 14.4 Å². The molecule has 1 aliphatic rings. The Balaban J connectivity index is 1.33. The van der Waals surface area contributed by atoms with E-state index in [1.807, 2.05) is 91.0 Å². The summed E-state index contributed by atoms with van der Waals surface area (Å²) in [7, 11) is 0. The van der Waals surface area contributed by atoms with Crippen molar-refractivity contribution in [3.63, 3.8) is 0 Å². The van der Waals surface area contributed by atoms with Crippen LogP contribution < -0.4 is 5.32 Å². The number of benzene rings is 5. The lowest BCUT2D eigenvalue weighted by Gasteiger charge is -2.28. The van der Waals surface area contributed by atoms with Crippen molar-refractivity contribution in [2.24, 2.45) is 0 Å². The average molecular weight is 551 g/mol. The smallest absolute Gasteiger partial charge is 0.262 e. The predicted molar refractivity (Wildman–Crippen MR) is 164 cm³/mol. The molecule has 206 valence electrons. The zero-order valence-electron chi connectivity index (χ0n) is 23.0. The van der Waals surface area contributed by atoms with Gasteiger partial charge in [-0.3, -0.25) is 19.3 Å².